The maximum atomic E-state index is 5.88. The molecule has 0 amide bonds. The quantitative estimate of drug-likeness (QED) is 0.773. The number of nitrogens with one attached hydrogen (secondary N) is 1. The molecule has 0 bridgehead atoms. The summed E-state index contributed by atoms with van der Waals surface area (Å²) < 4.78 is 0. The maximum Gasteiger partial charge on any atom is 0.0770 e. The van der Waals surface area contributed by atoms with Gasteiger partial charge in [-0.05, 0) is 37.0 Å². The van der Waals surface area contributed by atoms with Crippen LogP contribution in [0.3, 0.4) is 0 Å². The van der Waals surface area contributed by atoms with Crippen molar-refractivity contribution in [3.63, 3.8) is 0 Å². The Morgan fingerprint density at radius 1 is 1.27 bits per heavy atom. The molecule has 1 aromatic carbocycles. The Labute approximate surface area is 94.3 Å². The highest BCUT2D eigenvalue weighted by Crippen LogP contribution is 2.37. The summed E-state index contributed by atoms with van der Waals surface area (Å²) in [5.41, 5.74) is 5.89. The van der Waals surface area contributed by atoms with Crippen LogP contribution >= 0.6 is 11.6 Å². The highest BCUT2D eigenvalue weighted by atomic mass is 35.5. The molecule has 2 atom stereocenters. The van der Waals surface area contributed by atoms with Crippen LogP contribution in [0.2, 0.25) is 5.02 Å². The molecule has 0 saturated heterocycles. The predicted molar refractivity (Wildman–Crippen MR) is 62.1 cm³/mol. The minimum absolute atomic E-state index is 0.375. The highest BCUT2D eigenvalue weighted by Gasteiger charge is 2.35. The average Bonchev–Trinajstić information content (AvgIpc) is 2.80. The van der Waals surface area contributed by atoms with E-state index >= 15 is 0 Å². The Bertz CT molecular complexity index is 397. The number of fused-ring (bicyclic) bond motifs is 1. The number of rotatable bonds is 1. The number of hydrogen-bond acceptors (Lipinski definition) is 2. The zero-order valence-corrected chi connectivity index (χ0v) is 9.17. The lowest BCUT2D eigenvalue weighted by Crippen LogP contribution is -2.18. The summed E-state index contributed by atoms with van der Waals surface area (Å²) in [7, 11) is 0. The zero-order chi connectivity index (χ0) is 10.3. The van der Waals surface area contributed by atoms with Gasteiger partial charge in [-0.15, -0.1) is 0 Å². The lowest BCUT2D eigenvalue weighted by molar-refractivity contribution is 0.482. The summed E-state index contributed by atoms with van der Waals surface area (Å²) in [5.74, 6) is 0.617. The van der Waals surface area contributed by atoms with Gasteiger partial charge in [-0.2, -0.15) is 5.10 Å². The second kappa shape index (κ2) is 3.53. The van der Waals surface area contributed by atoms with Crippen molar-refractivity contribution in [1.29, 1.82) is 0 Å². The molecular weight excluding hydrogens is 208 g/mol. The number of hydrazone groups is 1. The molecule has 1 aromatic rings. The van der Waals surface area contributed by atoms with Gasteiger partial charge in [0, 0.05) is 16.7 Å². The molecule has 1 fully saturated rings. The fraction of sp³-hybridized carbons (Fsp3) is 0.417. The van der Waals surface area contributed by atoms with Gasteiger partial charge in [0.2, 0.25) is 0 Å². The first-order valence-electron chi connectivity index (χ1n) is 5.42. The van der Waals surface area contributed by atoms with Crippen molar-refractivity contribution in [2.45, 2.75) is 25.3 Å². The first kappa shape index (κ1) is 9.22. The molecule has 1 heterocycles. The van der Waals surface area contributed by atoms with Crippen molar-refractivity contribution in [2.75, 3.05) is 0 Å². The second-order valence-corrected chi connectivity index (χ2v) is 4.70. The molecule has 2 unspecified atom stereocenters. The van der Waals surface area contributed by atoms with E-state index in [1.165, 1.54) is 30.5 Å². The molecule has 0 radical (unpaired) electrons. The van der Waals surface area contributed by atoms with Gasteiger partial charge < -0.3 is 5.43 Å². The molecule has 2 aliphatic rings. The van der Waals surface area contributed by atoms with E-state index < -0.39 is 0 Å². The molecule has 15 heavy (non-hydrogen) atoms. The third-order valence-corrected chi connectivity index (χ3v) is 3.61. The summed E-state index contributed by atoms with van der Waals surface area (Å²) in [6.45, 7) is 0. The number of halogens is 1. The summed E-state index contributed by atoms with van der Waals surface area (Å²) in [6.07, 6.45) is 3.72. The number of nitrogens with zero attached hydrogens (tertiary/aromatic N) is 1. The van der Waals surface area contributed by atoms with Crippen LogP contribution in [0.1, 0.15) is 30.9 Å². The van der Waals surface area contributed by atoms with E-state index in [1.54, 1.807) is 0 Å². The van der Waals surface area contributed by atoms with Crippen molar-refractivity contribution in [3.8, 4) is 0 Å². The largest absolute Gasteiger partial charge is 0.302 e. The van der Waals surface area contributed by atoms with E-state index in [9.17, 15) is 0 Å². The zero-order valence-electron chi connectivity index (χ0n) is 8.41. The molecule has 3 rings (SSSR count). The first-order chi connectivity index (χ1) is 7.34. The average molecular weight is 221 g/mol. The predicted octanol–water partition coefficient (Wildman–Crippen LogP) is 3.14. The Hall–Kier alpha value is -1.02. The molecule has 1 aliphatic heterocycles. The molecule has 0 spiro atoms. The molecule has 1 saturated carbocycles. The Morgan fingerprint density at radius 3 is 2.87 bits per heavy atom. The highest BCUT2D eigenvalue weighted by molar-refractivity contribution is 6.30. The van der Waals surface area contributed by atoms with Gasteiger partial charge in [0.15, 0.2) is 0 Å². The van der Waals surface area contributed by atoms with Crippen molar-refractivity contribution in [3.05, 3.63) is 34.9 Å². The minimum Gasteiger partial charge on any atom is -0.302 e. The SMILES string of the molecule is Clc1ccc(C2NN=C3CCCC32)cc1. The summed E-state index contributed by atoms with van der Waals surface area (Å²) in [5, 5.41) is 5.21. The molecule has 2 nitrogen and oxygen atoms in total. The fourth-order valence-electron chi connectivity index (χ4n) is 2.57. The Morgan fingerprint density at radius 2 is 2.07 bits per heavy atom. The van der Waals surface area contributed by atoms with Crippen LogP contribution in [-0.2, 0) is 0 Å². The van der Waals surface area contributed by atoms with E-state index in [2.05, 4.69) is 22.7 Å². The normalized spacial score (nSPS) is 28.5. The topological polar surface area (TPSA) is 24.4 Å². The first-order valence-corrected chi connectivity index (χ1v) is 5.80. The lowest BCUT2D eigenvalue weighted by Gasteiger charge is -2.16. The third-order valence-electron chi connectivity index (χ3n) is 3.35. The van der Waals surface area contributed by atoms with Crippen LogP contribution < -0.4 is 5.43 Å². The van der Waals surface area contributed by atoms with Crippen LogP contribution in [0.4, 0.5) is 0 Å². The van der Waals surface area contributed by atoms with Crippen LogP contribution in [0.15, 0.2) is 29.4 Å². The lowest BCUT2D eigenvalue weighted by atomic mass is 9.92. The van der Waals surface area contributed by atoms with Crippen molar-refractivity contribution >= 4 is 17.3 Å². The van der Waals surface area contributed by atoms with Gasteiger partial charge in [0.05, 0.1) is 6.04 Å². The maximum absolute atomic E-state index is 5.88. The van der Waals surface area contributed by atoms with Crippen LogP contribution in [0.5, 0.6) is 0 Å². The summed E-state index contributed by atoms with van der Waals surface area (Å²) in [4.78, 5) is 0. The van der Waals surface area contributed by atoms with Gasteiger partial charge in [-0.1, -0.05) is 23.7 Å². The van der Waals surface area contributed by atoms with E-state index in [0.717, 1.165) is 5.02 Å². The minimum atomic E-state index is 0.375. The van der Waals surface area contributed by atoms with Gasteiger partial charge >= 0.3 is 0 Å². The molecular formula is C12H13ClN2. The van der Waals surface area contributed by atoms with Gasteiger partial charge in [-0.25, -0.2) is 0 Å². The molecule has 1 aliphatic carbocycles. The van der Waals surface area contributed by atoms with Crippen LogP contribution in [0.25, 0.3) is 0 Å². The Balaban J connectivity index is 1.87. The standard InChI is InChI=1S/C12H13ClN2/c13-9-6-4-8(5-7-9)12-10-2-1-3-11(10)14-15-12/h4-7,10,12,15H,1-3H2. The van der Waals surface area contributed by atoms with Crippen molar-refractivity contribution in [2.24, 2.45) is 11.0 Å². The van der Waals surface area contributed by atoms with Gasteiger partial charge in [0.1, 0.15) is 0 Å². The van der Waals surface area contributed by atoms with Crippen molar-refractivity contribution < 1.29 is 0 Å². The van der Waals surface area contributed by atoms with E-state index in [-0.39, 0.29) is 0 Å². The third kappa shape index (κ3) is 1.53. The molecule has 0 aromatic heterocycles. The fourth-order valence-corrected chi connectivity index (χ4v) is 2.70. The molecule has 1 N–H and O–H groups in total. The summed E-state index contributed by atoms with van der Waals surface area (Å²) >= 11 is 5.88. The number of benzene rings is 1. The molecule has 3 heteroatoms. The smallest absolute Gasteiger partial charge is 0.0770 e. The van der Waals surface area contributed by atoms with Gasteiger partial charge in [-0.3, -0.25) is 0 Å². The van der Waals surface area contributed by atoms with E-state index in [0.29, 0.717) is 12.0 Å². The van der Waals surface area contributed by atoms with E-state index in [4.69, 9.17) is 11.6 Å². The van der Waals surface area contributed by atoms with E-state index in [1.807, 2.05) is 12.1 Å². The van der Waals surface area contributed by atoms with Crippen LogP contribution in [-0.4, -0.2) is 5.71 Å². The van der Waals surface area contributed by atoms with Crippen LogP contribution in [0, 0.1) is 5.92 Å². The van der Waals surface area contributed by atoms with Gasteiger partial charge in [0.25, 0.3) is 0 Å². The van der Waals surface area contributed by atoms with Crippen molar-refractivity contribution in [1.82, 2.24) is 5.43 Å². The second-order valence-electron chi connectivity index (χ2n) is 4.26. The Kier molecular flexibility index (Phi) is 2.17. The summed E-state index contributed by atoms with van der Waals surface area (Å²) in [6, 6.07) is 8.46. The number of hydrogen-bond donors (Lipinski definition) is 1. The monoisotopic (exact) mass is 220 g/mol. The molecule has 78 valence electrons.